The molecular weight excluding hydrogens is 335 g/mol. The molecule has 2 rings (SSSR count). The molecule has 0 aromatic heterocycles. The first kappa shape index (κ1) is 14.3. The van der Waals surface area contributed by atoms with Crippen molar-refractivity contribution < 1.29 is 0 Å². The highest BCUT2D eigenvalue weighted by atomic mass is 127. The zero-order valence-corrected chi connectivity index (χ0v) is 13.3. The summed E-state index contributed by atoms with van der Waals surface area (Å²) in [6.45, 7) is 4.47. The first-order valence-corrected chi connectivity index (χ1v) is 8.01. The van der Waals surface area contributed by atoms with Gasteiger partial charge >= 0.3 is 0 Å². The van der Waals surface area contributed by atoms with Gasteiger partial charge in [0.15, 0.2) is 0 Å². The van der Waals surface area contributed by atoms with Crippen LogP contribution in [0.25, 0.3) is 0 Å². The van der Waals surface area contributed by atoms with E-state index in [4.69, 9.17) is 5.73 Å². The molecule has 3 heteroatoms. The van der Waals surface area contributed by atoms with Gasteiger partial charge in [0.05, 0.1) is 0 Å². The van der Waals surface area contributed by atoms with E-state index in [-0.39, 0.29) is 0 Å². The third kappa shape index (κ3) is 3.93. The second-order valence-corrected chi connectivity index (χ2v) is 6.51. The molecule has 0 heterocycles. The van der Waals surface area contributed by atoms with Gasteiger partial charge in [0, 0.05) is 22.2 Å². The predicted octanol–water partition coefficient (Wildman–Crippen LogP) is 3.38. The third-order valence-electron chi connectivity index (χ3n) is 3.94. The Hall–Kier alpha value is -0.130. The van der Waals surface area contributed by atoms with Crippen LogP contribution in [0.2, 0.25) is 0 Å². The minimum Gasteiger partial charge on any atom is -0.328 e. The maximum absolute atomic E-state index is 5.99. The molecule has 100 valence electrons. The van der Waals surface area contributed by atoms with Gasteiger partial charge in [0.1, 0.15) is 0 Å². The molecule has 0 bridgehead atoms. The number of benzene rings is 1. The Labute approximate surface area is 124 Å². The predicted molar refractivity (Wildman–Crippen MR) is 85.5 cm³/mol. The summed E-state index contributed by atoms with van der Waals surface area (Å²) < 4.78 is 1.33. The molecule has 1 aliphatic carbocycles. The summed E-state index contributed by atoms with van der Waals surface area (Å²) in [5.74, 6) is 0. The molecule has 0 amide bonds. The maximum atomic E-state index is 5.99. The van der Waals surface area contributed by atoms with Gasteiger partial charge in [-0.05, 0) is 72.5 Å². The Balaban J connectivity index is 1.96. The van der Waals surface area contributed by atoms with E-state index in [0.717, 1.165) is 19.1 Å². The zero-order chi connectivity index (χ0) is 13.0. The van der Waals surface area contributed by atoms with Crippen molar-refractivity contribution in [1.82, 2.24) is 4.90 Å². The summed E-state index contributed by atoms with van der Waals surface area (Å²) in [6.07, 6.45) is 4.90. The Morgan fingerprint density at radius 3 is 2.61 bits per heavy atom. The van der Waals surface area contributed by atoms with Crippen molar-refractivity contribution in [3.05, 3.63) is 33.4 Å². The van der Waals surface area contributed by atoms with Crippen LogP contribution in [-0.2, 0) is 6.54 Å². The van der Waals surface area contributed by atoms with Crippen LogP contribution >= 0.6 is 22.6 Å². The van der Waals surface area contributed by atoms with E-state index in [1.165, 1.54) is 34.8 Å². The summed E-state index contributed by atoms with van der Waals surface area (Å²) in [5, 5.41) is 0. The van der Waals surface area contributed by atoms with Gasteiger partial charge in [-0.25, -0.2) is 0 Å². The molecule has 0 radical (unpaired) electrons. The maximum Gasteiger partial charge on any atom is 0.0236 e. The first-order valence-electron chi connectivity index (χ1n) is 6.93. The monoisotopic (exact) mass is 358 g/mol. The molecule has 2 nitrogen and oxygen atoms in total. The lowest BCUT2D eigenvalue weighted by atomic mass is 9.90. The normalized spacial score (nSPS) is 24.4. The van der Waals surface area contributed by atoms with E-state index in [1.54, 1.807) is 0 Å². The van der Waals surface area contributed by atoms with Crippen molar-refractivity contribution >= 4 is 22.6 Å². The smallest absolute Gasteiger partial charge is 0.0236 e. The van der Waals surface area contributed by atoms with Crippen LogP contribution in [0.4, 0.5) is 0 Å². The van der Waals surface area contributed by atoms with Crippen LogP contribution in [-0.4, -0.2) is 23.5 Å². The summed E-state index contributed by atoms with van der Waals surface area (Å²) >= 11 is 2.39. The molecule has 2 N–H and O–H groups in total. The summed E-state index contributed by atoms with van der Waals surface area (Å²) in [6, 6.07) is 10.0. The number of hydrogen-bond donors (Lipinski definition) is 1. The van der Waals surface area contributed by atoms with E-state index in [1.807, 2.05) is 0 Å². The van der Waals surface area contributed by atoms with Crippen LogP contribution < -0.4 is 5.73 Å². The van der Waals surface area contributed by atoms with Gasteiger partial charge in [0.2, 0.25) is 0 Å². The van der Waals surface area contributed by atoms with Gasteiger partial charge in [-0.2, -0.15) is 0 Å². The molecule has 0 saturated heterocycles. The molecule has 1 saturated carbocycles. The van der Waals surface area contributed by atoms with E-state index >= 15 is 0 Å². The van der Waals surface area contributed by atoms with Crippen molar-refractivity contribution in [1.29, 1.82) is 0 Å². The van der Waals surface area contributed by atoms with Crippen LogP contribution in [0.3, 0.4) is 0 Å². The second-order valence-electron chi connectivity index (χ2n) is 5.26. The molecule has 1 aromatic rings. The summed E-state index contributed by atoms with van der Waals surface area (Å²) in [5.41, 5.74) is 7.42. The number of rotatable bonds is 4. The van der Waals surface area contributed by atoms with Gasteiger partial charge in [0.25, 0.3) is 0 Å². The summed E-state index contributed by atoms with van der Waals surface area (Å²) in [4.78, 5) is 2.61. The average molecular weight is 358 g/mol. The standard InChI is InChI=1S/C15H23IN2/c1-2-18(15-8-6-14(17)7-9-15)11-12-4-3-5-13(16)10-12/h3-5,10,14-15H,2,6-9,11,17H2,1H3. The lowest BCUT2D eigenvalue weighted by Gasteiger charge is -2.35. The molecule has 1 fully saturated rings. The fourth-order valence-electron chi connectivity index (χ4n) is 2.84. The lowest BCUT2D eigenvalue weighted by molar-refractivity contribution is 0.149. The topological polar surface area (TPSA) is 29.3 Å². The lowest BCUT2D eigenvalue weighted by Crippen LogP contribution is -2.40. The minimum atomic E-state index is 0.442. The SMILES string of the molecule is CCN(Cc1cccc(I)c1)C1CCC(N)CC1. The highest BCUT2D eigenvalue weighted by Crippen LogP contribution is 2.23. The fraction of sp³-hybridized carbons (Fsp3) is 0.600. The molecule has 18 heavy (non-hydrogen) atoms. The van der Waals surface area contributed by atoms with Crippen molar-refractivity contribution in [2.24, 2.45) is 5.73 Å². The van der Waals surface area contributed by atoms with Crippen LogP contribution in [0.1, 0.15) is 38.2 Å². The van der Waals surface area contributed by atoms with Crippen molar-refractivity contribution in [2.45, 2.75) is 51.2 Å². The number of hydrogen-bond acceptors (Lipinski definition) is 2. The fourth-order valence-corrected chi connectivity index (χ4v) is 3.44. The Kier molecular flexibility index (Phi) is 5.45. The van der Waals surface area contributed by atoms with Gasteiger partial charge in [-0.15, -0.1) is 0 Å². The van der Waals surface area contributed by atoms with Crippen LogP contribution in [0.5, 0.6) is 0 Å². The van der Waals surface area contributed by atoms with Gasteiger partial charge in [-0.3, -0.25) is 4.90 Å². The molecule has 0 unspecified atom stereocenters. The van der Waals surface area contributed by atoms with Crippen LogP contribution in [0.15, 0.2) is 24.3 Å². The van der Waals surface area contributed by atoms with Crippen LogP contribution in [0, 0.1) is 3.57 Å². The quantitative estimate of drug-likeness (QED) is 0.837. The van der Waals surface area contributed by atoms with Crippen molar-refractivity contribution in [2.75, 3.05) is 6.54 Å². The third-order valence-corrected chi connectivity index (χ3v) is 4.61. The van der Waals surface area contributed by atoms with Gasteiger partial charge in [-0.1, -0.05) is 19.1 Å². The molecule has 0 atom stereocenters. The Bertz CT molecular complexity index is 373. The molecule has 1 aromatic carbocycles. The van der Waals surface area contributed by atoms with E-state index in [2.05, 4.69) is 58.7 Å². The molecule has 1 aliphatic rings. The van der Waals surface area contributed by atoms with E-state index in [9.17, 15) is 0 Å². The van der Waals surface area contributed by atoms with E-state index in [0.29, 0.717) is 6.04 Å². The van der Waals surface area contributed by atoms with Crippen molar-refractivity contribution in [3.63, 3.8) is 0 Å². The van der Waals surface area contributed by atoms with Gasteiger partial charge < -0.3 is 5.73 Å². The zero-order valence-electron chi connectivity index (χ0n) is 11.1. The average Bonchev–Trinajstić information content (AvgIpc) is 2.37. The number of halogens is 1. The van der Waals surface area contributed by atoms with E-state index < -0.39 is 0 Å². The largest absolute Gasteiger partial charge is 0.328 e. The first-order chi connectivity index (χ1) is 8.69. The second kappa shape index (κ2) is 6.87. The highest BCUT2D eigenvalue weighted by molar-refractivity contribution is 14.1. The van der Waals surface area contributed by atoms with Crippen molar-refractivity contribution in [3.8, 4) is 0 Å². The minimum absolute atomic E-state index is 0.442. The molecule has 0 spiro atoms. The number of nitrogens with zero attached hydrogens (tertiary/aromatic N) is 1. The Morgan fingerprint density at radius 1 is 1.28 bits per heavy atom. The molecule has 0 aliphatic heterocycles. The number of nitrogens with two attached hydrogens (primary N) is 1. The molecular formula is C15H23IN2. The highest BCUT2D eigenvalue weighted by Gasteiger charge is 2.23. The summed E-state index contributed by atoms with van der Waals surface area (Å²) in [7, 11) is 0. The Morgan fingerprint density at radius 2 is 2.00 bits per heavy atom.